The van der Waals surface area contributed by atoms with E-state index in [1.54, 1.807) is 13.2 Å². The van der Waals surface area contributed by atoms with E-state index >= 15 is 0 Å². The molecule has 112 valence electrons. The van der Waals surface area contributed by atoms with Crippen LogP contribution in [0.5, 0.6) is 11.5 Å². The minimum absolute atomic E-state index is 0.179. The fourth-order valence-corrected chi connectivity index (χ4v) is 3.37. The van der Waals surface area contributed by atoms with Gasteiger partial charge < -0.3 is 14.2 Å². The molecule has 1 heterocycles. The van der Waals surface area contributed by atoms with Crippen LogP contribution in [-0.2, 0) is 4.74 Å². The zero-order valence-corrected chi connectivity index (χ0v) is 14.9. The van der Waals surface area contributed by atoms with Crippen LogP contribution < -0.4 is 9.47 Å². The number of pyridine rings is 1. The van der Waals surface area contributed by atoms with Crippen LogP contribution in [0.4, 0.5) is 0 Å². The van der Waals surface area contributed by atoms with E-state index in [1.165, 1.54) is 7.11 Å². The van der Waals surface area contributed by atoms with Gasteiger partial charge in [-0.2, -0.15) is 0 Å². The van der Waals surface area contributed by atoms with Gasteiger partial charge in [0.15, 0.2) is 5.69 Å². The molecule has 21 heavy (non-hydrogen) atoms. The third-order valence-corrected chi connectivity index (χ3v) is 4.00. The third kappa shape index (κ3) is 2.98. The number of hydrogen-bond donors (Lipinski definition) is 0. The van der Waals surface area contributed by atoms with Crippen LogP contribution in [0.15, 0.2) is 21.1 Å². The molecule has 0 saturated carbocycles. The van der Waals surface area contributed by atoms with E-state index in [1.807, 2.05) is 13.0 Å². The van der Waals surface area contributed by atoms with E-state index in [4.69, 9.17) is 14.2 Å². The molecular formula is C14H13Br2NO4. The minimum atomic E-state index is -0.522. The molecule has 2 rings (SSSR count). The zero-order chi connectivity index (χ0) is 15.6. The number of rotatable bonds is 4. The molecule has 0 unspecified atom stereocenters. The van der Waals surface area contributed by atoms with Crippen molar-refractivity contribution in [3.05, 3.63) is 26.8 Å². The quantitative estimate of drug-likeness (QED) is 0.703. The van der Waals surface area contributed by atoms with E-state index in [9.17, 15) is 4.79 Å². The molecule has 0 fully saturated rings. The number of fused-ring (bicyclic) bond motifs is 1. The van der Waals surface area contributed by atoms with Gasteiger partial charge in [0, 0.05) is 10.5 Å². The van der Waals surface area contributed by atoms with Crippen LogP contribution in [-0.4, -0.2) is 31.8 Å². The lowest BCUT2D eigenvalue weighted by Crippen LogP contribution is -2.06. The van der Waals surface area contributed by atoms with Crippen molar-refractivity contribution in [1.82, 2.24) is 4.98 Å². The summed E-state index contributed by atoms with van der Waals surface area (Å²) in [5.41, 5.74) is 0.750. The molecule has 0 spiro atoms. The van der Waals surface area contributed by atoms with E-state index in [-0.39, 0.29) is 5.69 Å². The van der Waals surface area contributed by atoms with Crippen molar-refractivity contribution in [2.45, 2.75) is 6.92 Å². The van der Waals surface area contributed by atoms with Gasteiger partial charge in [0.2, 0.25) is 0 Å². The second kappa shape index (κ2) is 6.62. The van der Waals surface area contributed by atoms with Crippen molar-refractivity contribution >= 4 is 48.7 Å². The monoisotopic (exact) mass is 417 g/mol. The lowest BCUT2D eigenvalue weighted by atomic mass is 10.1. The van der Waals surface area contributed by atoms with Crippen molar-refractivity contribution in [3.8, 4) is 11.5 Å². The van der Waals surface area contributed by atoms with E-state index < -0.39 is 5.97 Å². The average Bonchev–Trinajstić information content (AvgIpc) is 2.47. The van der Waals surface area contributed by atoms with Gasteiger partial charge in [-0.05, 0) is 44.8 Å². The maximum atomic E-state index is 11.8. The maximum Gasteiger partial charge on any atom is 0.356 e. The zero-order valence-electron chi connectivity index (χ0n) is 11.7. The maximum absolute atomic E-state index is 11.8. The highest BCUT2D eigenvalue weighted by atomic mass is 79.9. The van der Waals surface area contributed by atoms with E-state index in [0.717, 1.165) is 8.95 Å². The third-order valence-electron chi connectivity index (χ3n) is 2.81. The molecule has 0 aliphatic rings. The fraction of sp³-hybridized carbons (Fsp3) is 0.286. The van der Waals surface area contributed by atoms with E-state index in [0.29, 0.717) is 29.0 Å². The summed E-state index contributed by atoms with van der Waals surface area (Å²) in [5, 5.41) is 0.688. The molecule has 0 bridgehead atoms. The summed E-state index contributed by atoms with van der Waals surface area (Å²) in [5.74, 6) is 0.592. The predicted octanol–water partition coefficient (Wildman–Crippen LogP) is 3.95. The fourth-order valence-electron chi connectivity index (χ4n) is 1.96. The first kappa shape index (κ1) is 16.0. The van der Waals surface area contributed by atoms with Crippen molar-refractivity contribution in [1.29, 1.82) is 0 Å². The predicted molar refractivity (Wildman–Crippen MR) is 86.2 cm³/mol. The smallest absolute Gasteiger partial charge is 0.356 e. The SMILES string of the molecule is CCOc1cc(C(=O)OC)nc2c(Br)cc(Br)c(OC)c12. The molecule has 0 atom stereocenters. The van der Waals surface area contributed by atoms with Crippen LogP contribution >= 0.6 is 31.9 Å². The lowest BCUT2D eigenvalue weighted by Gasteiger charge is -2.14. The van der Waals surface area contributed by atoms with Gasteiger partial charge in [-0.25, -0.2) is 9.78 Å². The number of hydrogen-bond acceptors (Lipinski definition) is 5. The van der Waals surface area contributed by atoms with Crippen molar-refractivity contribution in [3.63, 3.8) is 0 Å². The summed E-state index contributed by atoms with van der Waals surface area (Å²) in [6.07, 6.45) is 0. The molecule has 5 nitrogen and oxygen atoms in total. The highest BCUT2D eigenvalue weighted by Gasteiger charge is 2.20. The number of carbonyl (C=O) groups is 1. The first-order chi connectivity index (χ1) is 10.0. The molecule has 1 aromatic heterocycles. The van der Waals surface area contributed by atoms with Gasteiger partial charge in [0.25, 0.3) is 0 Å². The van der Waals surface area contributed by atoms with Gasteiger partial charge in [-0.1, -0.05) is 0 Å². The topological polar surface area (TPSA) is 57.7 Å². The Labute approximate surface area is 138 Å². The summed E-state index contributed by atoms with van der Waals surface area (Å²) in [7, 11) is 2.88. The van der Waals surface area contributed by atoms with Crippen LogP contribution in [0.25, 0.3) is 10.9 Å². The molecule has 0 amide bonds. The molecule has 0 radical (unpaired) electrons. The van der Waals surface area contributed by atoms with Crippen molar-refractivity contribution in [2.75, 3.05) is 20.8 Å². The number of benzene rings is 1. The van der Waals surface area contributed by atoms with Crippen LogP contribution in [0.3, 0.4) is 0 Å². The summed E-state index contributed by atoms with van der Waals surface area (Å²) >= 11 is 6.89. The number of ether oxygens (including phenoxy) is 3. The Morgan fingerprint density at radius 1 is 1.24 bits per heavy atom. The van der Waals surface area contributed by atoms with Gasteiger partial charge >= 0.3 is 5.97 Å². The highest BCUT2D eigenvalue weighted by molar-refractivity contribution is 9.11. The Morgan fingerprint density at radius 2 is 1.95 bits per heavy atom. The summed E-state index contributed by atoms with van der Waals surface area (Å²) in [6, 6.07) is 3.37. The first-order valence-electron chi connectivity index (χ1n) is 6.11. The van der Waals surface area contributed by atoms with Crippen molar-refractivity contribution < 1.29 is 19.0 Å². The number of halogens is 2. The molecule has 0 aliphatic carbocycles. The number of carbonyl (C=O) groups excluding carboxylic acids is 1. The molecule has 0 N–H and O–H groups in total. The summed E-state index contributed by atoms with van der Waals surface area (Å²) in [6.45, 7) is 2.32. The van der Waals surface area contributed by atoms with Gasteiger partial charge in [0.1, 0.15) is 11.5 Å². The normalized spacial score (nSPS) is 10.5. The van der Waals surface area contributed by atoms with E-state index in [2.05, 4.69) is 36.8 Å². The average molecular weight is 419 g/mol. The van der Waals surface area contributed by atoms with Crippen LogP contribution in [0, 0.1) is 0 Å². The van der Waals surface area contributed by atoms with Gasteiger partial charge in [-0.3, -0.25) is 0 Å². The number of methoxy groups -OCH3 is 2. The largest absolute Gasteiger partial charge is 0.495 e. The Hall–Kier alpha value is -1.34. The molecular weight excluding hydrogens is 406 g/mol. The second-order valence-corrected chi connectivity index (χ2v) is 5.74. The Balaban J connectivity index is 2.87. The summed E-state index contributed by atoms with van der Waals surface area (Å²) < 4.78 is 17.3. The number of nitrogens with zero attached hydrogens (tertiary/aromatic N) is 1. The molecule has 7 heteroatoms. The Bertz CT molecular complexity index is 703. The molecule has 0 aliphatic heterocycles. The molecule has 1 aromatic carbocycles. The van der Waals surface area contributed by atoms with Crippen LogP contribution in [0.2, 0.25) is 0 Å². The Morgan fingerprint density at radius 3 is 2.52 bits per heavy atom. The van der Waals surface area contributed by atoms with Crippen LogP contribution in [0.1, 0.15) is 17.4 Å². The second-order valence-electron chi connectivity index (χ2n) is 4.03. The van der Waals surface area contributed by atoms with Gasteiger partial charge in [0.05, 0.1) is 36.2 Å². The van der Waals surface area contributed by atoms with Crippen molar-refractivity contribution in [2.24, 2.45) is 0 Å². The standard InChI is InChI=1S/C14H13Br2NO4/c1-4-21-10-6-9(14(18)20-3)17-12-7(15)5-8(16)13(19-2)11(10)12/h5-6H,4H2,1-3H3. The lowest BCUT2D eigenvalue weighted by molar-refractivity contribution is 0.0594. The minimum Gasteiger partial charge on any atom is -0.495 e. The first-order valence-corrected chi connectivity index (χ1v) is 7.69. The molecule has 0 saturated heterocycles. The highest BCUT2D eigenvalue weighted by Crippen LogP contribution is 2.42. The number of esters is 1. The Kier molecular flexibility index (Phi) is 5.05. The number of aromatic nitrogens is 1. The molecule has 2 aromatic rings. The summed E-state index contributed by atoms with van der Waals surface area (Å²) in [4.78, 5) is 16.1. The van der Waals surface area contributed by atoms with Gasteiger partial charge in [-0.15, -0.1) is 0 Å².